The van der Waals surface area contributed by atoms with Gasteiger partial charge in [0, 0.05) is 10.5 Å². The Morgan fingerprint density at radius 1 is 0.595 bits per heavy atom. The molecule has 2 nitrogen and oxygen atoms in total. The molecule has 0 saturated carbocycles. The molecule has 0 amide bonds. The summed E-state index contributed by atoms with van der Waals surface area (Å²) < 4.78 is 5.94. The van der Waals surface area contributed by atoms with Gasteiger partial charge in [0.2, 0.25) is 0 Å². The lowest BCUT2D eigenvalue weighted by Gasteiger charge is -2.07. The van der Waals surface area contributed by atoms with Gasteiger partial charge in [-0.2, -0.15) is 0 Å². The first kappa shape index (κ1) is 36.2. The van der Waals surface area contributed by atoms with E-state index in [4.69, 9.17) is 4.74 Å². The number of hydrogen-bond acceptors (Lipinski definition) is 3. The summed E-state index contributed by atoms with van der Waals surface area (Å²) >= 11 is 1.83. The Bertz CT molecular complexity index is 932. The molecule has 2 aromatic rings. The van der Waals surface area contributed by atoms with Gasteiger partial charge < -0.3 is 4.74 Å². The lowest BCUT2D eigenvalue weighted by molar-refractivity contribution is 0.104. The van der Waals surface area contributed by atoms with Crippen LogP contribution in [-0.2, 0) is 0 Å². The van der Waals surface area contributed by atoms with E-state index >= 15 is 0 Å². The summed E-state index contributed by atoms with van der Waals surface area (Å²) in [6.07, 6.45) is 31.2. The second-order valence-electron chi connectivity index (χ2n) is 11.9. The molecule has 0 bridgehead atoms. The summed E-state index contributed by atoms with van der Waals surface area (Å²) in [5, 5.41) is 0. The topological polar surface area (TPSA) is 26.3 Å². The molecule has 2 aromatic carbocycles. The quantitative estimate of drug-likeness (QED) is 0.0447. The summed E-state index contributed by atoms with van der Waals surface area (Å²) in [7, 11) is 0. The van der Waals surface area contributed by atoms with Gasteiger partial charge in [-0.25, -0.2) is 0 Å². The Hall–Kier alpha value is -2.00. The predicted octanol–water partition coefficient (Wildman–Crippen LogP) is 12.9. The molecule has 2 rings (SSSR count). The first-order chi connectivity index (χ1) is 20.7. The molecule has 0 aliphatic carbocycles. The first-order valence-corrected chi connectivity index (χ1v) is 18.4. The van der Waals surface area contributed by atoms with Crippen LogP contribution in [0.5, 0.6) is 5.75 Å². The van der Waals surface area contributed by atoms with E-state index in [0.717, 1.165) is 42.1 Å². The van der Waals surface area contributed by atoms with Gasteiger partial charge in [0.15, 0.2) is 5.78 Å². The minimum atomic E-state index is 0.0340. The zero-order chi connectivity index (χ0) is 29.9. The van der Waals surface area contributed by atoms with Crippen molar-refractivity contribution in [1.82, 2.24) is 0 Å². The molecule has 0 atom stereocenters. The maximum absolute atomic E-state index is 12.5. The Morgan fingerprint density at radius 2 is 1.07 bits per heavy atom. The normalized spacial score (nSPS) is 11.4. The van der Waals surface area contributed by atoms with E-state index in [1.54, 1.807) is 6.08 Å². The van der Waals surface area contributed by atoms with Gasteiger partial charge in [0.25, 0.3) is 0 Å². The summed E-state index contributed by atoms with van der Waals surface area (Å²) in [5.41, 5.74) is 1.74. The number of hydrogen-bond donors (Lipinski definition) is 0. The van der Waals surface area contributed by atoms with Crippen LogP contribution in [0.25, 0.3) is 6.08 Å². The van der Waals surface area contributed by atoms with E-state index in [2.05, 4.69) is 13.8 Å². The van der Waals surface area contributed by atoms with E-state index in [9.17, 15) is 4.79 Å². The molecule has 0 fully saturated rings. The summed E-state index contributed by atoms with van der Waals surface area (Å²) in [5.74, 6) is 2.04. The zero-order valence-corrected chi connectivity index (χ0v) is 27.9. The number of unbranched alkanes of at least 4 members (excludes halogenated alkanes) is 18. The second kappa shape index (κ2) is 25.5. The van der Waals surface area contributed by atoms with Gasteiger partial charge in [-0.3, -0.25) is 4.79 Å². The SMILES string of the molecule is CCCCCCCCCCCCCCCCCCCCCOc1ccc(C=CC(=O)c2ccc(SCCC)cc2)cc1. The maximum Gasteiger partial charge on any atom is 0.185 e. The second-order valence-corrected chi connectivity index (χ2v) is 13.0. The molecule has 0 aromatic heterocycles. The first-order valence-electron chi connectivity index (χ1n) is 17.4. The Kier molecular flexibility index (Phi) is 22.0. The van der Waals surface area contributed by atoms with Crippen LogP contribution >= 0.6 is 11.8 Å². The largest absolute Gasteiger partial charge is 0.494 e. The van der Waals surface area contributed by atoms with Crippen LogP contribution in [0.3, 0.4) is 0 Å². The van der Waals surface area contributed by atoms with Crippen molar-refractivity contribution in [3.63, 3.8) is 0 Å². The van der Waals surface area contributed by atoms with Crippen molar-refractivity contribution in [1.29, 1.82) is 0 Å². The van der Waals surface area contributed by atoms with Crippen LogP contribution in [0, 0.1) is 0 Å². The maximum atomic E-state index is 12.5. The van der Waals surface area contributed by atoms with Crippen LogP contribution in [0.4, 0.5) is 0 Å². The zero-order valence-electron chi connectivity index (χ0n) is 27.1. The molecule has 0 radical (unpaired) electrons. The molecule has 0 unspecified atom stereocenters. The van der Waals surface area contributed by atoms with Crippen molar-refractivity contribution in [3.8, 4) is 5.75 Å². The summed E-state index contributed by atoms with van der Waals surface area (Å²) in [6, 6.07) is 15.9. The van der Waals surface area contributed by atoms with Gasteiger partial charge in [0.1, 0.15) is 5.75 Å². The molecule has 42 heavy (non-hydrogen) atoms. The molecule has 0 aliphatic heterocycles. The van der Waals surface area contributed by atoms with E-state index in [0.29, 0.717) is 0 Å². The van der Waals surface area contributed by atoms with Gasteiger partial charge in [-0.15, -0.1) is 11.8 Å². The fourth-order valence-corrected chi connectivity index (χ4v) is 6.02. The molecule has 0 aliphatic rings. The smallest absolute Gasteiger partial charge is 0.185 e. The highest BCUT2D eigenvalue weighted by molar-refractivity contribution is 7.99. The number of benzene rings is 2. The van der Waals surface area contributed by atoms with E-state index in [1.807, 2.05) is 66.4 Å². The van der Waals surface area contributed by atoms with Crippen LogP contribution in [0.2, 0.25) is 0 Å². The van der Waals surface area contributed by atoms with Crippen LogP contribution in [0.15, 0.2) is 59.5 Å². The summed E-state index contributed by atoms with van der Waals surface area (Å²) in [6.45, 7) is 5.25. The third kappa shape index (κ3) is 18.5. The van der Waals surface area contributed by atoms with Crippen molar-refractivity contribution < 1.29 is 9.53 Å². The lowest BCUT2D eigenvalue weighted by atomic mass is 10.0. The average molecular weight is 593 g/mol. The number of carbonyl (C=O) groups is 1. The van der Waals surface area contributed by atoms with Crippen molar-refractivity contribution in [3.05, 3.63) is 65.7 Å². The standard InChI is InChI=1S/C39H60O2S/c1-3-5-6-7-8-9-10-11-12-13-14-15-16-17-18-19-20-21-22-33-41-37-28-23-35(24-29-37)25-32-39(40)36-26-30-38(31-27-36)42-34-4-2/h23-32H,3-22,33-34H2,1-2H3. The number of allylic oxidation sites excluding steroid dienone is 1. The Labute approximate surface area is 263 Å². The number of ether oxygens (including phenoxy) is 1. The highest BCUT2D eigenvalue weighted by Crippen LogP contribution is 2.20. The van der Waals surface area contributed by atoms with Crippen LogP contribution < -0.4 is 4.74 Å². The van der Waals surface area contributed by atoms with E-state index < -0.39 is 0 Å². The number of ketones is 1. The van der Waals surface area contributed by atoms with E-state index in [1.165, 1.54) is 120 Å². The van der Waals surface area contributed by atoms with Crippen LogP contribution in [-0.4, -0.2) is 18.1 Å². The minimum absolute atomic E-state index is 0.0340. The minimum Gasteiger partial charge on any atom is -0.494 e. The summed E-state index contributed by atoms with van der Waals surface area (Å²) in [4.78, 5) is 13.7. The van der Waals surface area contributed by atoms with Gasteiger partial charge >= 0.3 is 0 Å². The fraction of sp³-hybridized carbons (Fsp3) is 0.615. The fourth-order valence-electron chi connectivity index (χ4n) is 5.25. The Balaban J connectivity index is 1.40. The number of carbonyl (C=O) groups excluding carboxylic acids is 1. The molecule has 0 heterocycles. The van der Waals surface area contributed by atoms with Crippen molar-refractivity contribution in [2.45, 2.75) is 147 Å². The monoisotopic (exact) mass is 592 g/mol. The van der Waals surface area contributed by atoms with Crippen molar-refractivity contribution in [2.75, 3.05) is 12.4 Å². The molecule has 0 N–H and O–H groups in total. The molecular weight excluding hydrogens is 532 g/mol. The molecule has 234 valence electrons. The third-order valence-electron chi connectivity index (χ3n) is 7.94. The van der Waals surface area contributed by atoms with Crippen molar-refractivity contribution >= 4 is 23.6 Å². The molecular formula is C39H60O2S. The predicted molar refractivity (Wildman–Crippen MR) is 186 cm³/mol. The van der Waals surface area contributed by atoms with Crippen LogP contribution in [0.1, 0.15) is 158 Å². The number of thioether (sulfide) groups is 1. The van der Waals surface area contributed by atoms with Crippen molar-refractivity contribution in [2.24, 2.45) is 0 Å². The van der Waals surface area contributed by atoms with Gasteiger partial charge in [-0.1, -0.05) is 148 Å². The average Bonchev–Trinajstić information content (AvgIpc) is 3.02. The highest BCUT2D eigenvalue weighted by atomic mass is 32.2. The number of rotatable bonds is 27. The molecule has 0 spiro atoms. The lowest BCUT2D eigenvalue weighted by Crippen LogP contribution is -1.97. The molecule has 0 saturated heterocycles. The molecule has 3 heteroatoms. The van der Waals surface area contributed by atoms with Gasteiger partial charge in [0.05, 0.1) is 6.61 Å². The highest BCUT2D eigenvalue weighted by Gasteiger charge is 2.03. The van der Waals surface area contributed by atoms with Gasteiger partial charge in [-0.05, 0) is 66.6 Å². The third-order valence-corrected chi connectivity index (χ3v) is 9.15. The Morgan fingerprint density at radius 3 is 1.55 bits per heavy atom. The van der Waals surface area contributed by atoms with E-state index in [-0.39, 0.29) is 5.78 Å².